The van der Waals surface area contributed by atoms with Crippen molar-refractivity contribution >= 4 is 47.1 Å². The second kappa shape index (κ2) is 17.6. The second-order valence-corrected chi connectivity index (χ2v) is 12.8. The Balaban J connectivity index is 0.000000176. The number of nitrogens with one attached hydrogen (secondary N) is 2. The Morgan fingerprint density at radius 3 is 1.96 bits per heavy atom. The molecule has 6 rings (SSSR count). The van der Waals surface area contributed by atoms with Gasteiger partial charge in [0.25, 0.3) is 0 Å². The van der Waals surface area contributed by atoms with Crippen LogP contribution in [0.1, 0.15) is 88.2 Å². The fourth-order valence-electron chi connectivity index (χ4n) is 6.12. The molecule has 0 spiro atoms. The van der Waals surface area contributed by atoms with Gasteiger partial charge in [0.1, 0.15) is 6.23 Å². The lowest BCUT2D eigenvalue weighted by atomic mass is 9.93. The van der Waals surface area contributed by atoms with Crippen LogP contribution in [0.3, 0.4) is 0 Å². The predicted octanol–water partition coefficient (Wildman–Crippen LogP) is 6.46. The lowest BCUT2D eigenvalue weighted by Crippen LogP contribution is -2.49. The van der Waals surface area contributed by atoms with Crippen LogP contribution in [0.4, 0.5) is 4.79 Å². The van der Waals surface area contributed by atoms with E-state index in [-0.39, 0.29) is 48.3 Å². The van der Waals surface area contributed by atoms with Gasteiger partial charge in [0.05, 0.1) is 0 Å². The number of benzene rings is 2. The lowest BCUT2D eigenvalue weighted by Gasteiger charge is -2.28. The first-order valence-electron chi connectivity index (χ1n) is 15.9. The molecule has 4 aliphatic heterocycles. The molecule has 2 aromatic carbocycles. The largest absolute Gasteiger partial charge is 0.358 e. The number of likely N-dealkylation sites (tertiary alicyclic amines) is 1. The summed E-state index contributed by atoms with van der Waals surface area (Å²) in [6.45, 7) is 5.33. The zero-order valence-electron chi connectivity index (χ0n) is 26.3. The third-order valence-electron chi connectivity index (χ3n) is 8.68. The van der Waals surface area contributed by atoms with Crippen molar-refractivity contribution in [3.63, 3.8) is 0 Å². The van der Waals surface area contributed by atoms with Crippen molar-refractivity contribution < 1.29 is 28.7 Å². The van der Waals surface area contributed by atoms with Crippen LogP contribution in [0.25, 0.3) is 0 Å². The summed E-state index contributed by atoms with van der Waals surface area (Å²) < 4.78 is 10.6. The molecular formula is C34H42Cl2N4O6. The van der Waals surface area contributed by atoms with Gasteiger partial charge in [-0.1, -0.05) is 47.5 Å². The Morgan fingerprint density at radius 2 is 1.46 bits per heavy atom. The molecule has 2 N–H and O–H groups in total. The van der Waals surface area contributed by atoms with Crippen molar-refractivity contribution in [2.45, 2.75) is 102 Å². The van der Waals surface area contributed by atoms with E-state index in [9.17, 15) is 19.2 Å². The van der Waals surface area contributed by atoms with Crippen molar-refractivity contribution in [3.8, 4) is 0 Å². The topological polar surface area (TPSA) is 126 Å². The Morgan fingerprint density at radius 1 is 0.870 bits per heavy atom. The molecule has 46 heavy (non-hydrogen) atoms. The molecule has 2 aromatic rings. The zero-order chi connectivity index (χ0) is 33.1. The standard InChI is InChI=1S/C17H21ClN2O3.C11H12ClNO.C6H9NO2/c1-11-14(12-5-7-13(18)8-6-12)10-16(21)20(11)17(22)19-15-4-2-3-9-23-15;1-7-10(6-11(14)13-7)8-2-4-9(12)5-3-8;8-5-7-6-3-1-2-4-9-6/h5-8,11,14-15H,2-4,9-10H2,1H3,(H,19,22);2-5,7,10H,6H2,1H3,(H,13,14);6H,1-4H2. The van der Waals surface area contributed by atoms with Crippen molar-refractivity contribution in [2.75, 3.05) is 13.2 Å². The molecule has 6 atom stereocenters. The number of ether oxygens (including phenoxy) is 2. The highest BCUT2D eigenvalue weighted by Gasteiger charge is 2.42. The van der Waals surface area contributed by atoms with E-state index in [4.69, 9.17) is 32.7 Å². The Labute approximate surface area is 280 Å². The number of rotatable bonds is 4. The molecule has 0 saturated carbocycles. The maximum absolute atomic E-state index is 12.5. The molecule has 4 saturated heterocycles. The van der Waals surface area contributed by atoms with Gasteiger partial charge < -0.3 is 20.1 Å². The molecule has 4 heterocycles. The van der Waals surface area contributed by atoms with Crippen LogP contribution < -0.4 is 10.6 Å². The number of hydrogen-bond acceptors (Lipinski definition) is 7. The molecule has 4 fully saturated rings. The van der Waals surface area contributed by atoms with E-state index < -0.39 is 0 Å². The van der Waals surface area contributed by atoms with Gasteiger partial charge in [-0.3, -0.25) is 14.5 Å². The molecule has 4 amide bonds. The summed E-state index contributed by atoms with van der Waals surface area (Å²) in [7, 11) is 0. The van der Waals surface area contributed by atoms with Gasteiger partial charge in [-0.25, -0.2) is 9.59 Å². The summed E-state index contributed by atoms with van der Waals surface area (Å²) in [5.74, 6) is 0.278. The molecule has 6 unspecified atom stereocenters. The summed E-state index contributed by atoms with van der Waals surface area (Å²) in [6, 6.07) is 14.9. The quantitative estimate of drug-likeness (QED) is 0.284. The van der Waals surface area contributed by atoms with Gasteiger partial charge in [0.15, 0.2) is 6.23 Å². The Hall–Kier alpha value is -3.27. The highest BCUT2D eigenvalue weighted by Crippen LogP contribution is 2.35. The summed E-state index contributed by atoms with van der Waals surface area (Å²) in [4.78, 5) is 50.4. The number of nitrogens with zero attached hydrogens (tertiary/aromatic N) is 2. The van der Waals surface area contributed by atoms with Gasteiger partial charge in [-0.15, -0.1) is 0 Å². The first kappa shape index (κ1) is 35.6. The first-order valence-corrected chi connectivity index (χ1v) is 16.6. The van der Waals surface area contributed by atoms with E-state index >= 15 is 0 Å². The van der Waals surface area contributed by atoms with E-state index in [1.165, 1.54) is 16.5 Å². The van der Waals surface area contributed by atoms with Gasteiger partial charge in [-0.2, -0.15) is 4.99 Å². The van der Waals surface area contributed by atoms with Crippen molar-refractivity contribution in [1.29, 1.82) is 0 Å². The van der Waals surface area contributed by atoms with E-state index in [0.717, 1.165) is 55.7 Å². The SMILES string of the molecule is CC1C(c2ccc(Cl)cc2)CC(=O)N1C(=O)NC1CCCCO1.CC1NC(=O)CC1c1ccc(Cl)cc1.O=C=NC1CCCCO1. The van der Waals surface area contributed by atoms with Gasteiger partial charge in [0, 0.05) is 60.0 Å². The molecule has 0 aliphatic carbocycles. The number of carbonyl (C=O) groups is 3. The monoisotopic (exact) mass is 672 g/mol. The van der Waals surface area contributed by atoms with Crippen LogP contribution in [0.2, 0.25) is 10.0 Å². The summed E-state index contributed by atoms with van der Waals surface area (Å²) in [5.41, 5.74) is 2.21. The van der Waals surface area contributed by atoms with Crippen molar-refractivity contribution in [2.24, 2.45) is 4.99 Å². The minimum absolute atomic E-state index is 0.00205. The van der Waals surface area contributed by atoms with E-state index in [2.05, 4.69) is 15.6 Å². The summed E-state index contributed by atoms with van der Waals surface area (Å²) in [6.07, 6.45) is 7.83. The number of imide groups is 1. The number of urea groups is 1. The molecule has 0 radical (unpaired) electrons. The molecule has 0 aromatic heterocycles. The normalized spacial score (nSPS) is 27.3. The van der Waals surface area contributed by atoms with Crippen molar-refractivity contribution in [1.82, 2.24) is 15.5 Å². The van der Waals surface area contributed by atoms with Crippen molar-refractivity contribution in [3.05, 3.63) is 69.7 Å². The predicted molar refractivity (Wildman–Crippen MR) is 175 cm³/mol. The number of hydrogen-bond donors (Lipinski definition) is 2. The maximum Gasteiger partial charge on any atom is 0.326 e. The fraction of sp³-hybridized carbons (Fsp3) is 0.529. The van der Waals surface area contributed by atoms with Gasteiger partial charge >= 0.3 is 6.03 Å². The Kier molecular flexibility index (Phi) is 13.6. The minimum atomic E-state index is -0.356. The average molecular weight is 674 g/mol. The molecular weight excluding hydrogens is 631 g/mol. The average Bonchev–Trinajstić information content (AvgIpc) is 3.55. The highest BCUT2D eigenvalue weighted by atomic mass is 35.5. The van der Waals surface area contributed by atoms with Crippen LogP contribution >= 0.6 is 23.2 Å². The number of isocyanates is 1. The van der Waals surface area contributed by atoms with Crippen LogP contribution in [0.15, 0.2) is 53.5 Å². The van der Waals surface area contributed by atoms with Crippen LogP contribution in [0, 0.1) is 0 Å². The number of carbonyl (C=O) groups excluding carboxylic acids is 4. The second-order valence-electron chi connectivity index (χ2n) is 11.9. The number of amides is 4. The maximum atomic E-state index is 12.5. The summed E-state index contributed by atoms with van der Waals surface area (Å²) >= 11 is 11.7. The molecule has 10 nitrogen and oxygen atoms in total. The summed E-state index contributed by atoms with van der Waals surface area (Å²) in [5, 5.41) is 7.13. The highest BCUT2D eigenvalue weighted by molar-refractivity contribution is 6.30. The van der Waals surface area contributed by atoms with Crippen LogP contribution in [-0.4, -0.2) is 66.6 Å². The van der Waals surface area contributed by atoms with E-state index in [1.807, 2.05) is 62.4 Å². The first-order chi connectivity index (χ1) is 22.2. The smallest absolute Gasteiger partial charge is 0.326 e. The van der Waals surface area contributed by atoms with Gasteiger partial charge in [0.2, 0.25) is 17.9 Å². The molecule has 248 valence electrons. The Bertz CT molecular complexity index is 1360. The number of halogens is 2. The van der Waals surface area contributed by atoms with Crippen LogP contribution in [-0.2, 0) is 23.9 Å². The van der Waals surface area contributed by atoms with Crippen LogP contribution in [0.5, 0.6) is 0 Å². The van der Waals surface area contributed by atoms with Gasteiger partial charge in [-0.05, 0) is 87.8 Å². The molecule has 4 aliphatic rings. The minimum Gasteiger partial charge on any atom is -0.358 e. The number of aliphatic imine (C=N–C) groups is 1. The van der Waals surface area contributed by atoms with E-state index in [0.29, 0.717) is 30.4 Å². The fourth-order valence-corrected chi connectivity index (χ4v) is 6.37. The third-order valence-corrected chi connectivity index (χ3v) is 9.19. The van der Waals surface area contributed by atoms with E-state index in [1.54, 1.807) is 0 Å². The lowest BCUT2D eigenvalue weighted by molar-refractivity contribution is -0.126. The molecule has 0 bridgehead atoms. The third kappa shape index (κ3) is 10.1. The molecule has 12 heteroatoms. The zero-order valence-corrected chi connectivity index (χ0v) is 27.8.